The molecule has 0 saturated heterocycles. The van der Waals surface area contributed by atoms with Gasteiger partial charge in [0.05, 0.1) is 6.04 Å². The van der Waals surface area contributed by atoms with Crippen LogP contribution in [0.5, 0.6) is 0 Å². The summed E-state index contributed by atoms with van der Waals surface area (Å²) in [4.78, 5) is 0. The molecule has 0 saturated carbocycles. The van der Waals surface area contributed by atoms with Gasteiger partial charge >= 0.3 is 0 Å². The highest BCUT2D eigenvalue weighted by atomic mass is 19.1. The zero-order valence-corrected chi connectivity index (χ0v) is 16.5. The summed E-state index contributed by atoms with van der Waals surface area (Å²) in [5.74, 6) is 1.04. The van der Waals surface area contributed by atoms with Crippen LogP contribution >= 0.6 is 0 Å². The number of allylic oxidation sites excluding steroid dienone is 5. The number of rotatable bonds is 4. The number of hydrogen-bond donors (Lipinski definition) is 1. The minimum atomic E-state index is -0.0155. The SMILES string of the molecule is CC(C)C.CCC=CCC1CC(F)=CC=C1C1NC=Cc2ccccc21. The van der Waals surface area contributed by atoms with Crippen molar-refractivity contribution in [1.29, 1.82) is 0 Å². The van der Waals surface area contributed by atoms with Crippen molar-refractivity contribution in [2.75, 3.05) is 0 Å². The fraction of sp³-hybridized carbons (Fsp3) is 0.417. The molecule has 26 heavy (non-hydrogen) atoms. The lowest BCUT2D eigenvalue weighted by molar-refractivity contribution is 0.467. The van der Waals surface area contributed by atoms with Gasteiger partial charge < -0.3 is 5.32 Å². The lowest BCUT2D eigenvalue weighted by atomic mass is 9.80. The summed E-state index contributed by atoms with van der Waals surface area (Å²) in [5.41, 5.74) is 3.79. The average Bonchev–Trinajstić information content (AvgIpc) is 2.61. The topological polar surface area (TPSA) is 12.0 Å². The number of halogens is 1. The Morgan fingerprint density at radius 3 is 2.62 bits per heavy atom. The fourth-order valence-electron chi connectivity index (χ4n) is 3.25. The second-order valence-electron chi connectivity index (χ2n) is 7.59. The van der Waals surface area contributed by atoms with E-state index in [1.54, 1.807) is 6.08 Å². The Kier molecular flexibility index (Phi) is 7.90. The maximum absolute atomic E-state index is 13.7. The molecule has 0 fully saturated rings. The van der Waals surface area contributed by atoms with Gasteiger partial charge in [-0.2, -0.15) is 0 Å². The molecule has 0 aromatic heterocycles. The highest BCUT2D eigenvalue weighted by Crippen LogP contribution is 2.39. The Labute approximate surface area is 158 Å². The van der Waals surface area contributed by atoms with Gasteiger partial charge in [0.1, 0.15) is 5.83 Å². The second-order valence-corrected chi connectivity index (χ2v) is 7.59. The largest absolute Gasteiger partial charge is 0.380 e. The summed E-state index contributed by atoms with van der Waals surface area (Å²) in [6.45, 7) is 8.62. The molecule has 2 heteroatoms. The van der Waals surface area contributed by atoms with E-state index in [2.05, 4.69) is 75.5 Å². The van der Waals surface area contributed by atoms with E-state index >= 15 is 0 Å². The molecule has 1 nitrogen and oxygen atoms in total. The van der Waals surface area contributed by atoms with E-state index in [0.29, 0.717) is 6.42 Å². The minimum absolute atomic E-state index is 0.0155. The predicted molar refractivity (Wildman–Crippen MR) is 111 cm³/mol. The Balaban J connectivity index is 0.000000552. The molecule has 0 bridgehead atoms. The molecule has 1 heterocycles. The summed E-state index contributed by atoms with van der Waals surface area (Å²) in [7, 11) is 0. The zero-order valence-electron chi connectivity index (χ0n) is 16.5. The first-order chi connectivity index (χ1) is 12.5. The van der Waals surface area contributed by atoms with E-state index in [9.17, 15) is 4.39 Å². The monoisotopic (exact) mass is 353 g/mol. The molecule has 2 atom stereocenters. The van der Waals surface area contributed by atoms with Crippen LogP contribution in [0.4, 0.5) is 4.39 Å². The van der Waals surface area contributed by atoms with Gasteiger partial charge in [0, 0.05) is 6.42 Å². The Bertz CT molecular complexity index is 691. The summed E-state index contributed by atoms with van der Waals surface area (Å²) in [5, 5.41) is 3.46. The molecular weight excluding hydrogens is 321 g/mol. The summed E-state index contributed by atoms with van der Waals surface area (Å²) in [6.07, 6.45) is 14.5. The maximum atomic E-state index is 13.7. The Morgan fingerprint density at radius 1 is 1.15 bits per heavy atom. The van der Waals surface area contributed by atoms with E-state index in [0.717, 1.165) is 18.8 Å². The van der Waals surface area contributed by atoms with Crippen LogP contribution in [0, 0.1) is 11.8 Å². The van der Waals surface area contributed by atoms with E-state index in [-0.39, 0.29) is 17.8 Å². The van der Waals surface area contributed by atoms with Gasteiger partial charge in [-0.25, -0.2) is 4.39 Å². The molecule has 2 unspecified atom stereocenters. The predicted octanol–water partition coefficient (Wildman–Crippen LogP) is 7.12. The van der Waals surface area contributed by atoms with Crippen molar-refractivity contribution in [1.82, 2.24) is 5.32 Å². The first kappa shape index (κ1) is 20.2. The van der Waals surface area contributed by atoms with E-state index in [4.69, 9.17) is 0 Å². The molecule has 3 rings (SSSR count). The fourth-order valence-corrected chi connectivity index (χ4v) is 3.25. The molecule has 0 amide bonds. The van der Waals surface area contributed by atoms with Crippen molar-refractivity contribution >= 4 is 6.08 Å². The van der Waals surface area contributed by atoms with Crippen LogP contribution in [0.15, 0.2) is 66.2 Å². The van der Waals surface area contributed by atoms with Crippen molar-refractivity contribution in [3.8, 4) is 0 Å². The normalized spacial score (nSPS) is 21.5. The first-order valence-corrected chi connectivity index (χ1v) is 9.75. The molecule has 1 N–H and O–H groups in total. The van der Waals surface area contributed by atoms with Crippen molar-refractivity contribution in [2.45, 2.75) is 53.0 Å². The third-order valence-corrected chi connectivity index (χ3v) is 4.36. The maximum Gasteiger partial charge on any atom is 0.101 e. The zero-order chi connectivity index (χ0) is 18.9. The second kappa shape index (κ2) is 10.2. The molecule has 1 aromatic rings. The van der Waals surface area contributed by atoms with Crippen molar-refractivity contribution in [3.05, 3.63) is 77.3 Å². The molecule has 0 radical (unpaired) electrons. The van der Waals surface area contributed by atoms with E-state index in [1.807, 2.05) is 12.3 Å². The lowest BCUT2D eigenvalue weighted by Gasteiger charge is -2.32. The van der Waals surface area contributed by atoms with Crippen LogP contribution in [0.1, 0.15) is 64.1 Å². The minimum Gasteiger partial charge on any atom is -0.380 e. The molecular formula is C24H32FN. The van der Waals surface area contributed by atoms with Gasteiger partial charge in [0.15, 0.2) is 0 Å². The smallest absolute Gasteiger partial charge is 0.101 e. The van der Waals surface area contributed by atoms with Gasteiger partial charge in [-0.15, -0.1) is 0 Å². The summed E-state index contributed by atoms with van der Waals surface area (Å²) >= 11 is 0. The van der Waals surface area contributed by atoms with Crippen LogP contribution in [-0.4, -0.2) is 0 Å². The molecule has 2 aliphatic rings. The van der Waals surface area contributed by atoms with Gasteiger partial charge in [0.2, 0.25) is 0 Å². The summed E-state index contributed by atoms with van der Waals surface area (Å²) < 4.78 is 13.7. The molecule has 0 spiro atoms. The standard InChI is InChI=1S/C20H22FN.C4H10/c1-2-3-4-8-16-14-17(21)10-11-19(16)20-18-9-6-5-7-15(18)12-13-22-20;1-4(2)3/h3-7,9-13,16,20,22H,2,8,14H2,1H3;4H,1-3H3. The third-order valence-electron chi connectivity index (χ3n) is 4.36. The van der Waals surface area contributed by atoms with Crippen LogP contribution in [0.3, 0.4) is 0 Å². The van der Waals surface area contributed by atoms with Gasteiger partial charge in [-0.1, -0.05) is 70.2 Å². The Morgan fingerprint density at radius 2 is 1.88 bits per heavy atom. The first-order valence-electron chi connectivity index (χ1n) is 9.75. The van der Waals surface area contributed by atoms with Gasteiger partial charge in [-0.3, -0.25) is 0 Å². The summed E-state index contributed by atoms with van der Waals surface area (Å²) in [6, 6.07) is 8.56. The van der Waals surface area contributed by atoms with E-state index in [1.165, 1.54) is 16.7 Å². The average molecular weight is 354 g/mol. The number of hydrogen-bond acceptors (Lipinski definition) is 1. The number of fused-ring (bicyclic) bond motifs is 1. The lowest BCUT2D eigenvalue weighted by Crippen LogP contribution is -2.26. The molecule has 1 aliphatic carbocycles. The van der Waals surface area contributed by atoms with E-state index < -0.39 is 0 Å². The van der Waals surface area contributed by atoms with Crippen LogP contribution in [-0.2, 0) is 0 Å². The van der Waals surface area contributed by atoms with Crippen molar-refractivity contribution in [2.24, 2.45) is 11.8 Å². The highest BCUT2D eigenvalue weighted by Gasteiger charge is 2.28. The molecule has 140 valence electrons. The van der Waals surface area contributed by atoms with Crippen LogP contribution in [0.2, 0.25) is 0 Å². The molecule has 1 aromatic carbocycles. The number of nitrogens with one attached hydrogen (secondary N) is 1. The van der Waals surface area contributed by atoms with Gasteiger partial charge in [0.25, 0.3) is 0 Å². The molecule has 1 aliphatic heterocycles. The number of benzene rings is 1. The third kappa shape index (κ3) is 5.72. The van der Waals surface area contributed by atoms with Crippen LogP contribution < -0.4 is 5.32 Å². The Hall–Kier alpha value is -2.09. The van der Waals surface area contributed by atoms with Crippen molar-refractivity contribution < 1.29 is 4.39 Å². The highest BCUT2D eigenvalue weighted by molar-refractivity contribution is 5.59. The van der Waals surface area contributed by atoms with Crippen molar-refractivity contribution in [3.63, 3.8) is 0 Å². The quantitative estimate of drug-likeness (QED) is 0.568. The van der Waals surface area contributed by atoms with Gasteiger partial charge in [-0.05, 0) is 59.7 Å². The van der Waals surface area contributed by atoms with Crippen LogP contribution in [0.25, 0.3) is 6.08 Å².